The lowest BCUT2D eigenvalue weighted by atomic mass is 10.1. The number of carbonyl (C=O) groups excluding carboxylic acids is 1. The summed E-state index contributed by atoms with van der Waals surface area (Å²) >= 11 is 3.50. The van der Waals surface area contributed by atoms with Crippen molar-refractivity contribution in [1.82, 2.24) is 5.32 Å². The summed E-state index contributed by atoms with van der Waals surface area (Å²) < 4.78 is 1.07. The summed E-state index contributed by atoms with van der Waals surface area (Å²) in [7, 11) is 0. The molecule has 0 aliphatic heterocycles. The molecule has 2 aromatic carbocycles. The highest BCUT2D eigenvalue weighted by Crippen LogP contribution is 2.48. The molecule has 0 spiro atoms. The van der Waals surface area contributed by atoms with Crippen molar-refractivity contribution in [3.63, 3.8) is 0 Å². The molecule has 24 heavy (non-hydrogen) atoms. The number of halogens is 2. The van der Waals surface area contributed by atoms with E-state index in [-0.39, 0.29) is 24.2 Å². The fourth-order valence-corrected chi connectivity index (χ4v) is 3.29. The van der Waals surface area contributed by atoms with Crippen molar-refractivity contribution in [1.29, 1.82) is 0 Å². The first-order chi connectivity index (χ1) is 11.2. The summed E-state index contributed by atoms with van der Waals surface area (Å²) in [5, 5.41) is 6.41. The topological polar surface area (TPSA) is 41.1 Å². The van der Waals surface area contributed by atoms with Crippen LogP contribution in [0, 0.1) is 5.92 Å². The summed E-state index contributed by atoms with van der Waals surface area (Å²) in [6, 6.07) is 16.2. The molecule has 3 nitrogen and oxygen atoms in total. The van der Waals surface area contributed by atoms with E-state index in [1.54, 1.807) is 0 Å². The van der Waals surface area contributed by atoms with Gasteiger partial charge in [0.2, 0.25) is 5.91 Å². The Bertz CT molecular complexity index is 707. The van der Waals surface area contributed by atoms with Gasteiger partial charge in [-0.15, -0.1) is 12.4 Å². The van der Waals surface area contributed by atoms with Crippen LogP contribution in [0.1, 0.15) is 30.4 Å². The highest BCUT2D eigenvalue weighted by molar-refractivity contribution is 9.10. The number of para-hydroxylation sites is 1. The minimum Gasteiger partial charge on any atom is -0.326 e. The first-order valence-corrected chi connectivity index (χ1v) is 8.83. The Balaban J connectivity index is 0.00000208. The highest BCUT2D eigenvalue weighted by Gasteiger charge is 2.44. The SMILES string of the molecule is CCNCc1ccccc1NC(=O)C1CC1c1cccc(Br)c1.Cl. The number of nitrogens with one attached hydrogen (secondary N) is 2. The second-order valence-corrected chi connectivity index (χ2v) is 6.85. The second-order valence-electron chi connectivity index (χ2n) is 5.93. The average molecular weight is 410 g/mol. The Morgan fingerprint density at radius 1 is 1.21 bits per heavy atom. The molecule has 1 aliphatic carbocycles. The van der Waals surface area contributed by atoms with E-state index in [0.29, 0.717) is 5.92 Å². The van der Waals surface area contributed by atoms with Gasteiger partial charge in [-0.1, -0.05) is 53.2 Å². The van der Waals surface area contributed by atoms with E-state index in [1.807, 2.05) is 30.3 Å². The van der Waals surface area contributed by atoms with Gasteiger partial charge in [0.1, 0.15) is 0 Å². The molecule has 0 saturated heterocycles. The third kappa shape index (κ3) is 4.59. The minimum absolute atomic E-state index is 0. The van der Waals surface area contributed by atoms with Crippen molar-refractivity contribution >= 4 is 39.9 Å². The lowest BCUT2D eigenvalue weighted by Gasteiger charge is -2.11. The quantitative estimate of drug-likeness (QED) is 0.724. The lowest BCUT2D eigenvalue weighted by Crippen LogP contribution is -2.18. The van der Waals surface area contributed by atoms with Gasteiger partial charge in [0.15, 0.2) is 0 Å². The third-order valence-electron chi connectivity index (χ3n) is 4.24. The maximum absolute atomic E-state index is 12.5. The maximum Gasteiger partial charge on any atom is 0.228 e. The van der Waals surface area contributed by atoms with Gasteiger partial charge in [-0.2, -0.15) is 0 Å². The monoisotopic (exact) mass is 408 g/mol. The minimum atomic E-state index is 0. The molecule has 0 aromatic heterocycles. The Morgan fingerprint density at radius 3 is 2.75 bits per heavy atom. The van der Waals surface area contributed by atoms with Crippen LogP contribution in [-0.4, -0.2) is 12.5 Å². The smallest absolute Gasteiger partial charge is 0.228 e. The Kier molecular flexibility index (Phi) is 6.84. The first-order valence-electron chi connectivity index (χ1n) is 8.04. The summed E-state index contributed by atoms with van der Waals surface area (Å²) in [4.78, 5) is 12.5. The molecule has 1 saturated carbocycles. The summed E-state index contributed by atoms with van der Waals surface area (Å²) in [6.45, 7) is 3.76. The Morgan fingerprint density at radius 2 is 2.00 bits per heavy atom. The van der Waals surface area contributed by atoms with Crippen molar-refractivity contribution in [2.75, 3.05) is 11.9 Å². The molecule has 2 atom stereocenters. The largest absolute Gasteiger partial charge is 0.326 e. The second kappa shape index (κ2) is 8.65. The number of rotatable bonds is 6. The number of amides is 1. The molecule has 3 rings (SSSR count). The molecule has 2 unspecified atom stereocenters. The number of carbonyl (C=O) groups is 1. The van der Waals surface area contributed by atoms with Crippen LogP contribution in [0.25, 0.3) is 0 Å². The van der Waals surface area contributed by atoms with Crippen molar-refractivity contribution in [3.8, 4) is 0 Å². The standard InChI is InChI=1S/C19H21BrN2O.ClH/c1-2-21-12-14-6-3-4-9-18(14)22-19(23)17-11-16(17)13-7-5-8-15(20)10-13;/h3-10,16-17,21H,2,11-12H2,1H3,(H,22,23);1H. The van der Waals surface area contributed by atoms with Gasteiger partial charge in [-0.25, -0.2) is 0 Å². The summed E-state index contributed by atoms with van der Waals surface area (Å²) in [5.74, 6) is 0.545. The lowest BCUT2D eigenvalue weighted by molar-refractivity contribution is -0.117. The van der Waals surface area contributed by atoms with E-state index in [9.17, 15) is 4.79 Å². The number of hydrogen-bond donors (Lipinski definition) is 2. The van der Waals surface area contributed by atoms with Gasteiger partial charge in [0.25, 0.3) is 0 Å². The number of anilines is 1. The predicted molar refractivity (Wildman–Crippen MR) is 105 cm³/mol. The molecule has 1 amide bonds. The predicted octanol–water partition coefficient (Wildman–Crippen LogP) is 4.72. The molecule has 0 heterocycles. The van der Waals surface area contributed by atoms with E-state index in [2.05, 4.69) is 51.7 Å². The van der Waals surface area contributed by atoms with E-state index in [0.717, 1.165) is 35.2 Å². The van der Waals surface area contributed by atoms with Crippen LogP contribution in [-0.2, 0) is 11.3 Å². The Labute approximate surface area is 157 Å². The van der Waals surface area contributed by atoms with Gasteiger partial charge in [-0.05, 0) is 48.2 Å². The highest BCUT2D eigenvalue weighted by atomic mass is 79.9. The van der Waals surface area contributed by atoms with Crippen molar-refractivity contribution in [2.45, 2.75) is 25.8 Å². The molecule has 0 bridgehead atoms. The molecular formula is C19H22BrClN2O. The van der Waals surface area contributed by atoms with Gasteiger partial charge >= 0.3 is 0 Å². The molecule has 1 fully saturated rings. The van der Waals surface area contributed by atoms with Gasteiger partial charge in [0, 0.05) is 22.6 Å². The number of hydrogen-bond acceptors (Lipinski definition) is 2. The van der Waals surface area contributed by atoms with Gasteiger partial charge in [0.05, 0.1) is 0 Å². The van der Waals surface area contributed by atoms with Crippen molar-refractivity contribution in [2.24, 2.45) is 5.92 Å². The first kappa shape index (κ1) is 19.0. The van der Waals surface area contributed by atoms with E-state index < -0.39 is 0 Å². The molecular weight excluding hydrogens is 388 g/mol. The number of benzene rings is 2. The molecule has 2 aromatic rings. The third-order valence-corrected chi connectivity index (χ3v) is 4.74. The van der Waals surface area contributed by atoms with E-state index in [4.69, 9.17) is 0 Å². The van der Waals surface area contributed by atoms with Gasteiger partial charge in [-0.3, -0.25) is 4.79 Å². The Hall–Kier alpha value is -1.36. The molecule has 128 valence electrons. The van der Waals surface area contributed by atoms with E-state index in [1.165, 1.54) is 5.56 Å². The van der Waals surface area contributed by atoms with Crippen LogP contribution in [0.3, 0.4) is 0 Å². The van der Waals surface area contributed by atoms with Crippen molar-refractivity contribution in [3.05, 3.63) is 64.1 Å². The zero-order valence-electron chi connectivity index (χ0n) is 13.6. The zero-order chi connectivity index (χ0) is 16.2. The van der Waals surface area contributed by atoms with Crippen LogP contribution in [0.4, 0.5) is 5.69 Å². The molecule has 5 heteroatoms. The fourth-order valence-electron chi connectivity index (χ4n) is 2.87. The maximum atomic E-state index is 12.5. The van der Waals surface area contributed by atoms with Crippen LogP contribution < -0.4 is 10.6 Å². The van der Waals surface area contributed by atoms with Gasteiger partial charge < -0.3 is 10.6 Å². The summed E-state index contributed by atoms with van der Waals surface area (Å²) in [5.41, 5.74) is 3.28. The van der Waals surface area contributed by atoms with Crippen LogP contribution in [0.5, 0.6) is 0 Å². The fraction of sp³-hybridized carbons (Fsp3) is 0.316. The summed E-state index contributed by atoms with van der Waals surface area (Å²) in [6.07, 6.45) is 0.928. The van der Waals surface area contributed by atoms with Crippen LogP contribution in [0.2, 0.25) is 0 Å². The average Bonchev–Trinajstić information content (AvgIpc) is 3.35. The molecule has 1 aliphatic rings. The molecule has 0 radical (unpaired) electrons. The normalized spacial score (nSPS) is 18.6. The van der Waals surface area contributed by atoms with Crippen LogP contribution in [0.15, 0.2) is 53.0 Å². The molecule has 2 N–H and O–H groups in total. The van der Waals surface area contributed by atoms with E-state index >= 15 is 0 Å². The van der Waals surface area contributed by atoms with Crippen LogP contribution >= 0.6 is 28.3 Å². The zero-order valence-corrected chi connectivity index (χ0v) is 16.0. The van der Waals surface area contributed by atoms with Crippen molar-refractivity contribution < 1.29 is 4.79 Å².